The van der Waals surface area contributed by atoms with Crippen molar-refractivity contribution < 1.29 is 4.74 Å². The summed E-state index contributed by atoms with van der Waals surface area (Å²) in [7, 11) is 0. The maximum absolute atomic E-state index is 9.74. The maximum Gasteiger partial charge on any atom is 0.0848 e. The summed E-state index contributed by atoms with van der Waals surface area (Å²) in [5.41, 5.74) is 3.17. The van der Waals surface area contributed by atoms with Crippen molar-refractivity contribution in [3.63, 3.8) is 0 Å². The molecule has 0 saturated heterocycles. The van der Waals surface area contributed by atoms with Gasteiger partial charge in [-0.3, -0.25) is 0 Å². The second-order valence-corrected chi connectivity index (χ2v) is 6.22. The molecule has 1 aliphatic rings. The minimum Gasteiger partial charge on any atom is -0.373 e. The summed E-state index contributed by atoms with van der Waals surface area (Å²) in [6.07, 6.45) is 2.79. The Balaban J connectivity index is 1.67. The second kappa shape index (κ2) is 6.34. The van der Waals surface area contributed by atoms with Gasteiger partial charge in [0.05, 0.1) is 24.2 Å². The van der Waals surface area contributed by atoms with Crippen LogP contribution in [0.3, 0.4) is 0 Å². The van der Waals surface area contributed by atoms with Crippen molar-refractivity contribution >= 4 is 0 Å². The van der Waals surface area contributed by atoms with Gasteiger partial charge >= 0.3 is 0 Å². The first-order chi connectivity index (χ1) is 10.7. The van der Waals surface area contributed by atoms with Crippen LogP contribution in [-0.4, -0.2) is 6.10 Å². The summed E-state index contributed by atoms with van der Waals surface area (Å²) in [6, 6.07) is 21.1. The number of aryl methyl sites for hydroxylation is 1. The number of ether oxygens (including phenoxy) is 1. The monoisotopic (exact) mass is 291 g/mol. The molecule has 22 heavy (non-hydrogen) atoms. The van der Waals surface area contributed by atoms with Gasteiger partial charge in [0, 0.05) is 0 Å². The van der Waals surface area contributed by atoms with Crippen molar-refractivity contribution in [1.29, 1.82) is 5.26 Å². The Hall–Kier alpha value is -2.11. The molecule has 0 radical (unpaired) electrons. The third kappa shape index (κ3) is 3.05. The molecule has 2 nitrogen and oxygen atoms in total. The fraction of sp³-hybridized carbons (Fsp3) is 0.350. The van der Waals surface area contributed by atoms with E-state index in [1.165, 1.54) is 11.1 Å². The van der Waals surface area contributed by atoms with Crippen LogP contribution in [0.2, 0.25) is 0 Å². The van der Waals surface area contributed by atoms with Crippen LogP contribution in [0.4, 0.5) is 0 Å². The zero-order valence-corrected chi connectivity index (χ0v) is 13.0. The number of benzene rings is 2. The van der Waals surface area contributed by atoms with Crippen LogP contribution in [0, 0.1) is 18.3 Å². The molecule has 3 rings (SSSR count). The molecule has 0 aliphatic heterocycles. The van der Waals surface area contributed by atoms with E-state index in [2.05, 4.69) is 49.4 Å². The standard InChI is InChI=1S/C20H21NO/c1-16-7-9-18(10-8-16)20(15-21)12-11-19(13-20)22-14-17-5-3-2-4-6-17/h2-10,19H,11-14H2,1H3/t19-,20-/m0/s1. The van der Waals surface area contributed by atoms with Crippen LogP contribution < -0.4 is 0 Å². The molecule has 0 amide bonds. The third-order valence-electron chi connectivity index (χ3n) is 4.62. The lowest BCUT2D eigenvalue weighted by Crippen LogP contribution is -2.22. The summed E-state index contributed by atoms with van der Waals surface area (Å²) in [6.45, 7) is 2.70. The lowest BCUT2D eigenvalue weighted by molar-refractivity contribution is 0.0430. The number of nitriles is 1. The molecule has 1 saturated carbocycles. The molecule has 2 atom stereocenters. The lowest BCUT2D eigenvalue weighted by atomic mass is 9.80. The summed E-state index contributed by atoms with van der Waals surface area (Å²) >= 11 is 0. The third-order valence-corrected chi connectivity index (χ3v) is 4.62. The summed E-state index contributed by atoms with van der Waals surface area (Å²) in [5.74, 6) is 0. The number of rotatable bonds is 4. The molecular formula is C20H21NO. The Morgan fingerprint density at radius 1 is 1.14 bits per heavy atom. The molecule has 0 heterocycles. The SMILES string of the molecule is Cc1ccc([C@@]2(C#N)CC[C@H](OCc3ccccc3)C2)cc1. The highest BCUT2D eigenvalue weighted by Crippen LogP contribution is 2.42. The molecule has 2 heteroatoms. The Morgan fingerprint density at radius 3 is 2.55 bits per heavy atom. The smallest absolute Gasteiger partial charge is 0.0848 e. The molecule has 2 aromatic rings. The van der Waals surface area contributed by atoms with Gasteiger partial charge in [-0.25, -0.2) is 0 Å². The van der Waals surface area contributed by atoms with Gasteiger partial charge in [0.25, 0.3) is 0 Å². The fourth-order valence-electron chi connectivity index (χ4n) is 3.23. The molecule has 0 aromatic heterocycles. The van der Waals surface area contributed by atoms with Gasteiger partial charge in [-0.15, -0.1) is 0 Å². The normalized spacial score (nSPS) is 24.1. The Morgan fingerprint density at radius 2 is 1.86 bits per heavy atom. The maximum atomic E-state index is 9.74. The predicted octanol–water partition coefficient (Wildman–Crippen LogP) is 4.53. The van der Waals surface area contributed by atoms with Crippen molar-refractivity contribution in [3.8, 4) is 6.07 Å². The second-order valence-electron chi connectivity index (χ2n) is 6.22. The van der Waals surface area contributed by atoms with Gasteiger partial charge in [-0.1, -0.05) is 60.2 Å². The summed E-state index contributed by atoms with van der Waals surface area (Å²) in [4.78, 5) is 0. The highest BCUT2D eigenvalue weighted by Gasteiger charge is 2.41. The molecule has 0 spiro atoms. The summed E-state index contributed by atoms with van der Waals surface area (Å²) < 4.78 is 6.04. The average Bonchev–Trinajstić information content (AvgIpc) is 2.99. The molecule has 1 fully saturated rings. The topological polar surface area (TPSA) is 33.0 Å². The van der Waals surface area contributed by atoms with E-state index in [-0.39, 0.29) is 11.5 Å². The number of hydrogen-bond acceptors (Lipinski definition) is 2. The Labute approximate surface area is 132 Å². The lowest BCUT2D eigenvalue weighted by Gasteiger charge is -2.22. The average molecular weight is 291 g/mol. The molecule has 2 aromatic carbocycles. The first kappa shape index (κ1) is 14.8. The van der Waals surface area contributed by atoms with E-state index in [0.717, 1.165) is 24.8 Å². The first-order valence-corrected chi connectivity index (χ1v) is 7.86. The Kier molecular flexibility index (Phi) is 4.27. The van der Waals surface area contributed by atoms with Gasteiger partial charge in [0.15, 0.2) is 0 Å². The quantitative estimate of drug-likeness (QED) is 0.829. The molecule has 1 aliphatic carbocycles. The van der Waals surface area contributed by atoms with E-state index < -0.39 is 0 Å². The number of nitrogens with zero attached hydrogens (tertiary/aromatic N) is 1. The van der Waals surface area contributed by atoms with E-state index >= 15 is 0 Å². The van der Waals surface area contributed by atoms with Crippen LogP contribution in [0.15, 0.2) is 54.6 Å². The van der Waals surface area contributed by atoms with Crippen LogP contribution >= 0.6 is 0 Å². The van der Waals surface area contributed by atoms with Crippen LogP contribution in [0.1, 0.15) is 36.0 Å². The zero-order valence-electron chi connectivity index (χ0n) is 13.0. The molecule has 0 unspecified atom stereocenters. The van der Waals surface area contributed by atoms with Gasteiger partial charge in [-0.2, -0.15) is 5.26 Å². The van der Waals surface area contributed by atoms with Gasteiger partial charge in [-0.05, 0) is 37.3 Å². The molecular weight excluding hydrogens is 270 g/mol. The minimum absolute atomic E-state index is 0.168. The first-order valence-electron chi connectivity index (χ1n) is 7.86. The minimum atomic E-state index is -0.380. The van der Waals surface area contributed by atoms with E-state index in [9.17, 15) is 5.26 Å². The van der Waals surface area contributed by atoms with Crippen molar-refractivity contribution in [3.05, 3.63) is 71.3 Å². The molecule has 112 valence electrons. The van der Waals surface area contributed by atoms with E-state index in [1.54, 1.807) is 0 Å². The highest BCUT2D eigenvalue weighted by molar-refractivity contribution is 5.36. The molecule has 0 N–H and O–H groups in total. The van der Waals surface area contributed by atoms with E-state index in [0.29, 0.717) is 6.61 Å². The van der Waals surface area contributed by atoms with Crippen molar-refractivity contribution in [2.75, 3.05) is 0 Å². The van der Waals surface area contributed by atoms with Crippen molar-refractivity contribution in [2.24, 2.45) is 0 Å². The fourth-order valence-corrected chi connectivity index (χ4v) is 3.23. The van der Waals surface area contributed by atoms with Crippen molar-refractivity contribution in [1.82, 2.24) is 0 Å². The van der Waals surface area contributed by atoms with Crippen LogP contribution in [-0.2, 0) is 16.8 Å². The van der Waals surface area contributed by atoms with E-state index in [4.69, 9.17) is 4.74 Å². The molecule has 0 bridgehead atoms. The van der Waals surface area contributed by atoms with Gasteiger partial charge < -0.3 is 4.74 Å². The summed E-state index contributed by atoms with van der Waals surface area (Å²) in [5, 5.41) is 9.74. The number of hydrogen-bond donors (Lipinski definition) is 0. The zero-order chi connectivity index (χ0) is 15.4. The highest BCUT2D eigenvalue weighted by atomic mass is 16.5. The van der Waals surface area contributed by atoms with Crippen LogP contribution in [0.5, 0.6) is 0 Å². The Bertz CT molecular complexity index is 656. The predicted molar refractivity (Wildman–Crippen MR) is 87.3 cm³/mol. The van der Waals surface area contributed by atoms with E-state index in [1.807, 2.05) is 18.2 Å². The van der Waals surface area contributed by atoms with Gasteiger partial charge in [0.2, 0.25) is 0 Å². The largest absolute Gasteiger partial charge is 0.373 e. The van der Waals surface area contributed by atoms with Crippen LogP contribution in [0.25, 0.3) is 0 Å². The van der Waals surface area contributed by atoms with Crippen molar-refractivity contribution in [2.45, 2.75) is 44.3 Å². The van der Waals surface area contributed by atoms with Gasteiger partial charge in [0.1, 0.15) is 0 Å².